The number of carbonyl (C=O) groups is 1. The Bertz CT molecular complexity index is 1020. The first-order valence-electron chi connectivity index (χ1n) is 12.4. The second-order valence-electron chi connectivity index (χ2n) is 8.78. The smallest absolute Gasteiger partial charge is 0.168 e. The number of nitrogens with zero attached hydrogens (tertiary/aromatic N) is 5. The number of thioether (sulfide) groups is 1. The third-order valence-electron chi connectivity index (χ3n) is 6.09. The fourth-order valence-corrected chi connectivity index (χ4v) is 4.88. The molecule has 0 bridgehead atoms. The van der Waals surface area contributed by atoms with Gasteiger partial charge in [0.25, 0.3) is 0 Å². The van der Waals surface area contributed by atoms with Gasteiger partial charge in [0.1, 0.15) is 23.4 Å². The summed E-state index contributed by atoms with van der Waals surface area (Å²) in [5.74, 6) is 3.67. The van der Waals surface area contributed by atoms with Crippen molar-refractivity contribution in [3.63, 3.8) is 0 Å². The Morgan fingerprint density at radius 2 is 2.14 bits per heavy atom. The molecule has 0 atom stereocenters. The van der Waals surface area contributed by atoms with Gasteiger partial charge in [-0.25, -0.2) is 9.97 Å². The number of anilines is 3. The summed E-state index contributed by atoms with van der Waals surface area (Å²) in [6, 6.07) is 6.32. The third-order valence-corrected chi connectivity index (χ3v) is 7.28. The average Bonchev–Trinajstić information content (AvgIpc) is 2.89. The van der Waals surface area contributed by atoms with Crippen molar-refractivity contribution >= 4 is 35.4 Å². The molecule has 3 rings (SSSR count). The molecule has 2 N–H and O–H groups in total. The minimum atomic E-state index is 0.498. The fraction of sp³-hybridized carbons (Fsp3) is 0.538. The van der Waals surface area contributed by atoms with Crippen LogP contribution in [0.25, 0.3) is 0 Å². The molecule has 2 aromatic heterocycles. The standard InChI is InChI=1S/C26H37N7OS/c1-4-13-35-14-9-29-23-16-25(30-18-22(23)17-27)33-10-5-6-21-15-20(24(19-34)31-26(21)33)7-11-32(3)12-8-28-2/h15-16,18-19,28H,4-14H2,1-3H3,(H,29,30). The zero-order chi connectivity index (χ0) is 25.0. The molecule has 0 radical (unpaired) electrons. The fourth-order valence-electron chi connectivity index (χ4n) is 4.14. The molecule has 0 spiro atoms. The Balaban J connectivity index is 1.81. The highest BCUT2D eigenvalue weighted by molar-refractivity contribution is 7.99. The summed E-state index contributed by atoms with van der Waals surface area (Å²) in [5.41, 5.74) is 3.96. The maximum Gasteiger partial charge on any atom is 0.168 e. The predicted molar refractivity (Wildman–Crippen MR) is 145 cm³/mol. The van der Waals surface area contributed by atoms with E-state index in [0.717, 1.165) is 105 Å². The van der Waals surface area contributed by atoms with Gasteiger partial charge in [0.05, 0.1) is 11.3 Å². The van der Waals surface area contributed by atoms with Crippen molar-refractivity contribution in [3.05, 3.63) is 40.7 Å². The van der Waals surface area contributed by atoms with Crippen molar-refractivity contribution in [2.45, 2.75) is 32.6 Å². The quantitative estimate of drug-likeness (QED) is 0.301. The van der Waals surface area contributed by atoms with Crippen LogP contribution in [0.5, 0.6) is 0 Å². The number of aryl methyl sites for hydroxylation is 1. The predicted octanol–water partition coefficient (Wildman–Crippen LogP) is 3.49. The lowest BCUT2D eigenvalue weighted by molar-refractivity contribution is 0.111. The van der Waals surface area contributed by atoms with Gasteiger partial charge in [0.2, 0.25) is 0 Å². The van der Waals surface area contributed by atoms with E-state index in [1.807, 2.05) is 24.9 Å². The molecule has 1 aliphatic heterocycles. The van der Waals surface area contributed by atoms with Crippen LogP contribution < -0.4 is 15.5 Å². The average molecular weight is 496 g/mol. The van der Waals surface area contributed by atoms with E-state index in [-0.39, 0.29) is 0 Å². The van der Waals surface area contributed by atoms with E-state index in [9.17, 15) is 10.1 Å². The zero-order valence-corrected chi connectivity index (χ0v) is 22.0. The Hall–Kier alpha value is -2.67. The van der Waals surface area contributed by atoms with Crippen molar-refractivity contribution in [3.8, 4) is 6.07 Å². The molecule has 3 heterocycles. The van der Waals surface area contributed by atoms with Crippen LogP contribution in [-0.4, -0.2) is 79.5 Å². The van der Waals surface area contributed by atoms with Gasteiger partial charge in [-0.2, -0.15) is 17.0 Å². The Labute approximate surface area is 213 Å². The van der Waals surface area contributed by atoms with Crippen molar-refractivity contribution in [1.82, 2.24) is 20.2 Å². The minimum absolute atomic E-state index is 0.498. The van der Waals surface area contributed by atoms with Gasteiger partial charge in [0, 0.05) is 50.7 Å². The van der Waals surface area contributed by atoms with Crippen LogP contribution in [0, 0.1) is 11.3 Å². The second kappa shape index (κ2) is 14.0. The number of hydrogen-bond acceptors (Lipinski definition) is 9. The highest BCUT2D eigenvalue weighted by Crippen LogP contribution is 2.33. The summed E-state index contributed by atoms with van der Waals surface area (Å²) >= 11 is 1.90. The minimum Gasteiger partial charge on any atom is -0.383 e. The number of likely N-dealkylation sites (N-methyl/N-ethyl adjacent to an activating group) is 2. The monoisotopic (exact) mass is 495 g/mol. The van der Waals surface area contributed by atoms with Gasteiger partial charge in [-0.1, -0.05) is 6.92 Å². The van der Waals surface area contributed by atoms with Crippen LogP contribution in [0.4, 0.5) is 17.3 Å². The van der Waals surface area contributed by atoms with Crippen LogP contribution in [0.3, 0.4) is 0 Å². The van der Waals surface area contributed by atoms with Crippen LogP contribution in [0.2, 0.25) is 0 Å². The van der Waals surface area contributed by atoms with E-state index >= 15 is 0 Å². The van der Waals surface area contributed by atoms with E-state index in [4.69, 9.17) is 4.98 Å². The van der Waals surface area contributed by atoms with Gasteiger partial charge in [-0.05, 0) is 62.7 Å². The van der Waals surface area contributed by atoms with Gasteiger partial charge in [-0.3, -0.25) is 4.79 Å². The molecule has 35 heavy (non-hydrogen) atoms. The summed E-state index contributed by atoms with van der Waals surface area (Å²) in [5, 5.41) is 16.1. The molecule has 1 aliphatic rings. The molecule has 2 aromatic rings. The maximum atomic E-state index is 11.9. The summed E-state index contributed by atoms with van der Waals surface area (Å²) in [7, 11) is 4.04. The first kappa shape index (κ1) is 26.9. The largest absolute Gasteiger partial charge is 0.383 e. The Morgan fingerprint density at radius 3 is 2.89 bits per heavy atom. The van der Waals surface area contributed by atoms with Crippen molar-refractivity contribution in [2.75, 3.05) is 68.5 Å². The Kier molecular flexibility index (Phi) is 10.8. The lowest BCUT2D eigenvalue weighted by Gasteiger charge is -2.30. The zero-order valence-electron chi connectivity index (χ0n) is 21.1. The highest BCUT2D eigenvalue weighted by atomic mass is 32.2. The number of pyridine rings is 2. The van der Waals surface area contributed by atoms with Gasteiger partial charge in [0.15, 0.2) is 6.29 Å². The van der Waals surface area contributed by atoms with Gasteiger partial charge >= 0.3 is 0 Å². The van der Waals surface area contributed by atoms with Crippen molar-refractivity contribution in [2.24, 2.45) is 0 Å². The lowest BCUT2D eigenvalue weighted by Crippen LogP contribution is -2.30. The number of carbonyl (C=O) groups excluding carboxylic acids is 1. The van der Waals surface area contributed by atoms with E-state index in [1.54, 1.807) is 6.20 Å². The van der Waals surface area contributed by atoms with Gasteiger partial charge < -0.3 is 20.4 Å². The number of rotatable bonds is 14. The normalized spacial score (nSPS) is 12.9. The topological polar surface area (TPSA) is 97.2 Å². The van der Waals surface area contributed by atoms with E-state index in [0.29, 0.717) is 11.3 Å². The van der Waals surface area contributed by atoms with Crippen molar-refractivity contribution in [1.29, 1.82) is 5.26 Å². The molecule has 188 valence electrons. The summed E-state index contributed by atoms with van der Waals surface area (Å²) in [6.45, 7) is 6.50. The third kappa shape index (κ3) is 7.40. The molecule has 0 saturated carbocycles. The highest BCUT2D eigenvalue weighted by Gasteiger charge is 2.24. The molecule has 0 saturated heterocycles. The van der Waals surface area contributed by atoms with Gasteiger partial charge in [-0.15, -0.1) is 0 Å². The second-order valence-corrected chi connectivity index (χ2v) is 10.0. The number of aldehydes is 1. The summed E-state index contributed by atoms with van der Waals surface area (Å²) < 4.78 is 0. The number of hydrogen-bond donors (Lipinski definition) is 2. The van der Waals surface area contributed by atoms with Crippen LogP contribution in [0.1, 0.15) is 46.9 Å². The SMILES string of the molecule is CCCSCCNc1cc(N2CCCc3cc(CCN(C)CCNC)c(C=O)nc32)ncc1C#N. The van der Waals surface area contributed by atoms with E-state index < -0.39 is 0 Å². The number of aromatic nitrogens is 2. The van der Waals surface area contributed by atoms with Crippen LogP contribution in [0.15, 0.2) is 18.3 Å². The molecule has 0 aromatic carbocycles. The first-order chi connectivity index (χ1) is 17.1. The van der Waals surface area contributed by atoms with Crippen LogP contribution in [-0.2, 0) is 12.8 Å². The molecule has 0 aliphatic carbocycles. The van der Waals surface area contributed by atoms with E-state index in [2.05, 4.69) is 51.5 Å². The number of fused-ring (bicyclic) bond motifs is 1. The lowest BCUT2D eigenvalue weighted by atomic mass is 10.00. The molecule has 9 heteroatoms. The first-order valence-corrected chi connectivity index (χ1v) is 13.6. The van der Waals surface area contributed by atoms with Crippen LogP contribution >= 0.6 is 11.8 Å². The summed E-state index contributed by atoms with van der Waals surface area (Å²) in [6.07, 6.45) is 6.34. The maximum absolute atomic E-state index is 11.9. The number of nitriles is 1. The molecule has 0 unspecified atom stereocenters. The molecule has 0 fully saturated rings. The molecule has 0 amide bonds. The molecule has 8 nitrogen and oxygen atoms in total. The van der Waals surface area contributed by atoms with E-state index in [1.165, 1.54) is 0 Å². The molecular weight excluding hydrogens is 458 g/mol. The summed E-state index contributed by atoms with van der Waals surface area (Å²) in [4.78, 5) is 25.6. The molecular formula is C26H37N7OS. The van der Waals surface area contributed by atoms with Crippen molar-refractivity contribution < 1.29 is 4.79 Å². The Morgan fingerprint density at radius 1 is 1.29 bits per heavy atom. The number of nitrogens with one attached hydrogen (secondary N) is 2.